The lowest BCUT2D eigenvalue weighted by Gasteiger charge is -2.23. The Kier molecular flexibility index (Phi) is 5.90. The predicted molar refractivity (Wildman–Crippen MR) is 93.3 cm³/mol. The Bertz CT molecular complexity index is 605. The molecule has 1 unspecified atom stereocenters. The predicted octanol–water partition coefficient (Wildman–Crippen LogP) is 2.22. The van der Waals surface area contributed by atoms with Crippen LogP contribution in [-0.4, -0.2) is 50.2 Å². The zero-order valence-corrected chi connectivity index (χ0v) is 14.9. The van der Waals surface area contributed by atoms with E-state index >= 15 is 0 Å². The van der Waals surface area contributed by atoms with E-state index in [0.29, 0.717) is 29.0 Å². The van der Waals surface area contributed by atoms with Crippen LogP contribution in [0.1, 0.15) is 18.4 Å². The number of nitro benzene ring substituents is 1. The highest BCUT2D eigenvalue weighted by molar-refractivity contribution is 5.85. The summed E-state index contributed by atoms with van der Waals surface area (Å²) in [6, 6.07) is 3.19. The van der Waals surface area contributed by atoms with Crippen molar-refractivity contribution >= 4 is 18.1 Å². The van der Waals surface area contributed by atoms with Crippen LogP contribution in [0.2, 0.25) is 0 Å². The molecule has 2 heterocycles. The number of ether oxygens (including phenoxy) is 2. The van der Waals surface area contributed by atoms with E-state index in [9.17, 15) is 10.1 Å². The molecule has 3 rings (SSSR count). The minimum atomic E-state index is -0.347. The summed E-state index contributed by atoms with van der Waals surface area (Å²) in [5.74, 6) is 0.922. The molecule has 1 aromatic rings. The lowest BCUT2D eigenvalue weighted by Crippen LogP contribution is -2.29. The van der Waals surface area contributed by atoms with E-state index in [-0.39, 0.29) is 23.0 Å². The number of nitro groups is 1. The van der Waals surface area contributed by atoms with Gasteiger partial charge in [-0.2, -0.15) is 0 Å². The third-order valence-electron chi connectivity index (χ3n) is 5.02. The molecule has 2 aliphatic rings. The van der Waals surface area contributed by atoms with Crippen LogP contribution in [-0.2, 0) is 6.54 Å². The Labute approximate surface area is 147 Å². The fourth-order valence-electron chi connectivity index (χ4n) is 3.75. The molecule has 1 atom stereocenters. The van der Waals surface area contributed by atoms with Gasteiger partial charge in [0.25, 0.3) is 5.69 Å². The summed E-state index contributed by atoms with van der Waals surface area (Å²) in [5, 5.41) is 14.8. The number of halogens is 1. The van der Waals surface area contributed by atoms with Gasteiger partial charge in [0.15, 0.2) is 11.5 Å². The first-order valence-electron chi connectivity index (χ1n) is 7.89. The molecule has 0 bridgehead atoms. The molecule has 24 heavy (non-hydrogen) atoms. The van der Waals surface area contributed by atoms with Crippen molar-refractivity contribution in [2.45, 2.75) is 19.4 Å². The average molecular weight is 358 g/mol. The normalized spacial score (nSPS) is 23.2. The molecule has 8 heteroatoms. The molecule has 2 aliphatic heterocycles. The van der Waals surface area contributed by atoms with Crippen molar-refractivity contribution in [2.75, 3.05) is 40.4 Å². The van der Waals surface area contributed by atoms with Gasteiger partial charge in [-0.3, -0.25) is 15.0 Å². The van der Waals surface area contributed by atoms with Gasteiger partial charge >= 0.3 is 0 Å². The molecule has 0 aliphatic carbocycles. The van der Waals surface area contributed by atoms with E-state index in [1.54, 1.807) is 13.2 Å². The van der Waals surface area contributed by atoms with Gasteiger partial charge in [0.1, 0.15) is 0 Å². The molecule has 134 valence electrons. The van der Waals surface area contributed by atoms with Gasteiger partial charge < -0.3 is 14.8 Å². The number of nitrogens with one attached hydrogen (secondary N) is 1. The zero-order chi connectivity index (χ0) is 16.4. The number of likely N-dealkylation sites (tertiary alicyclic amines) is 1. The van der Waals surface area contributed by atoms with Gasteiger partial charge in [0, 0.05) is 25.2 Å². The Morgan fingerprint density at radius 3 is 2.58 bits per heavy atom. The van der Waals surface area contributed by atoms with Crippen molar-refractivity contribution in [2.24, 2.45) is 5.41 Å². The lowest BCUT2D eigenvalue weighted by molar-refractivity contribution is -0.385. The number of hydrogen-bond donors (Lipinski definition) is 1. The molecular formula is C16H24ClN3O4. The smallest absolute Gasteiger partial charge is 0.277 e. The molecule has 0 radical (unpaired) electrons. The van der Waals surface area contributed by atoms with Crippen molar-refractivity contribution in [3.05, 3.63) is 27.8 Å². The first-order chi connectivity index (χ1) is 11.1. The van der Waals surface area contributed by atoms with Gasteiger partial charge in [-0.15, -0.1) is 12.4 Å². The van der Waals surface area contributed by atoms with Crippen molar-refractivity contribution in [1.29, 1.82) is 0 Å². The van der Waals surface area contributed by atoms with E-state index in [4.69, 9.17) is 9.47 Å². The first kappa shape index (κ1) is 18.8. The second-order valence-electron chi connectivity index (χ2n) is 6.48. The van der Waals surface area contributed by atoms with Crippen molar-refractivity contribution in [3.63, 3.8) is 0 Å². The van der Waals surface area contributed by atoms with Crippen molar-refractivity contribution < 1.29 is 14.4 Å². The molecule has 1 N–H and O–H groups in total. The first-order valence-corrected chi connectivity index (χ1v) is 7.89. The summed E-state index contributed by atoms with van der Waals surface area (Å²) in [5.41, 5.74) is 1.12. The average Bonchev–Trinajstić information content (AvgIpc) is 3.16. The van der Waals surface area contributed by atoms with Crippen LogP contribution < -0.4 is 14.8 Å². The number of hydrogen-bond acceptors (Lipinski definition) is 6. The third kappa shape index (κ3) is 3.58. The van der Waals surface area contributed by atoms with Crippen LogP contribution in [0.3, 0.4) is 0 Å². The van der Waals surface area contributed by atoms with Crippen molar-refractivity contribution in [1.82, 2.24) is 10.2 Å². The lowest BCUT2D eigenvalue weighted by atomic mass is 9.86. The minimum absolute atomic E-state index is 0. The standard InChI is InChI=1S/C16H23N3O4.ClH/c1-22-14-7-12(13(19(20)21)8-15(14)23-2)9-18-6-4-16(11-18)3-5-17-10-16;/h7-8,17H,3-6,9-11H2,1-2H3;1H. The van der Waals surface area contributed by atoms with Gasteiger partial charge in [-0.25, -0.2) is 0 Å². The quantitative estimate of drug-likeness (QED) is 0.643. The Morgan fingerprint density at radius 2 is 2.00 bits per heavy atom. The molecule has 2 fully saturated rings. The molecule has 0 amide bonds. The third-order valence-corrected chi connectivity index (χ3v) is 5.02. The SMILES string of the molecule is COc1cc(CN2CCC3(CCNC3)C2)c([N+](=O)[O-])cc1OC.Cl. The van der Waals surface area contributed by atoms with Gasteiger partial charge in [0.2, 0.25) is 0 Å². The van der Waals surface area contributed by atoms with Crippen LogP contribution >= 0.6 is 12.4 Å². The van der Waals surface area contributed by atoms with Crippen LogP contribution in [0.5, 0.6) is 11.5 Å². The van der Waals surface area contributed by atoms with E-state index in [2.05, 4.69) is 10.2 Å². The molecule has 1 aromatic carbocycles. The monoisotopic (exact) mass is 357 g/mol. The van der Waals surface area contributed by atoms with Crippen LogP contribution in [0.15, 0.2) is 12.1 Å². The van der Waals surface area contributed by atoms with Crippen LogP contribution in [0.4, 0.5) is 5.69 Å². The topological polar surface area (TPSA) is 76.9 Å². The number of nitrogens with zero attached hydrogens (tertiary/aromatic N) is 2. The Hall–Kier alpha value is -1.57. The van der Waals surface area contributed by atoms with E-state index in [0.717, 1.165) is 32.6 Å². The highest BCUT2D eigenvalue weighted by Gasteiger charge is 2.40. The summed E-state index contributed by atoms with van der Waals surface area (Å²) in [7, 11) is 3.03. The second-order valence-corrected chi connectivity index (χ2v) is 6.48. The number of benzene rings is 1. The Balaban J connectivity index is 0.00000208. The summed E-state index contributed by atoms with van der Waals surface area (Å²) >= 11 is 0. The summed E-state index contributed by atoms with van der Waals surface area (Å²) in [6.45, 7) is 4.67. The van der Waals surface area contributed by atoms with E-state index in [1.807, 2.05) is 0 Å². The van der Waals surface area contributed by atoms with Gasteiger partial charge in [-0.05, 0) is 37.4 Å². The van der Waals surface area contributed by atoms with Crippen LogP contribution in [0, 0.1) is 15.5 Å². The molecule has 7 nitrogen and oxygen atoms in total. The number of methoxy groups -OCH3 is 2. The molecular weight excluding hydrogens is 334 g/mol. The largest absolute Gasteiger partial charge is 0.493 e. The van der Waals surface area contributed by atoms with Gasteiger partial charge in [0.05, 0.1) is 25.2 Å². The van der Waals surface area contributed by atoms with E-state index in [1.165, 1.54) is 19.6 Å². The van der Waals surface area contributed by atoms with Gasteiger partial charge in [-0.1, -0.05) is 0 Å². The minimum Gasteiger partial charge on any atom is -0.493 e. The van der Waals surface area contributed by atoms with Crippen molar-refractivity contribution in [3.8, 4) is 11.5 Å². The summed E-state index contributed by atoms with van der Waals surface area (Å²) in [4.78, 5) is 13.4. The Morgan fingerprint density at radius 1 is 1.29 bits per heavy atom. The highest BCUT2D eigenvalue weighted by atomic mass is 35.5. The molecule has 0 aromatic heterocycles. The zero-order valence-electron chi connectivity index (χ0n) is 14.0. The molecule has 0 saturated carbocycles. The summed E-state index contributed by atoms with van der Waals surface area (Å²) in [6.07, 6.45) is 2.35. The summed E-state index contributed by atoms with van der Waals surface area (Å²) < 4.78 is 10.5. The highest BCUT2D eigenvalue weighted by Crippen LogP contribution is 2.39. The fourth-order valence-corrected chi connectivity index (χ4v) is 3.75. The maximum Gasteiger partial charge on any atom is 0.277 e. The van der Waals surface area contributed by atoms with Crippen LogP contribution in [0.25, 0.3) is 0 Å². The second kappa shape index (κ2) is 7.55. The molecule has 1 spiro atoms. The number of rotatable bonds is 5. The molecule has 2 saturated heterocycles. The van der Waals surface area contributed by atoms with E-state index < -0.39 is 0 Å². The maximum absolute atomic E-state index is 11.4. The fraction of sp³-hybridized carbons (Fsp3) is 0.625. The maximum atomic E-state index is 11.4.